The summed E-state index contributed by atoms with van der Waals surface area (Å²) < 4.78 is 6.02. The van der Waals surface area contributed by atoms with Crippen molar-refractivity contribution in [1.82, 2.24) is 0 Å². The summed E-state index contributed by atoms with van der Waals surface area (Å²) in [6.45, 7) is 8.99. The van der Waals surface area contributed by atoms with Crippen LogP contribution in [-0.4, -0.2) is 12.7 Å². The predicted octanol–water partition coefficient (Wildman–Crippen LogP) is -1.22. The normalized spacial score (nSPS) is 23.4. The molecule has 121 valence electrons. The van der Waals surface area contributed by atoms with Crippen molar-refractivity contribution in [2.45, 2.75) is 52.6 Å². The summed E-state index contributed by atoms with van der Waals surface area (Å²) in [6.07, 6.45) is 15.2. The molecule has 0 saturated heterocycles. The second kappa shape index (κ2) is 9.50. The van der Waals surface area contributed by atoms with Crippen molar-refractivity contribution in [3.05, 3.63) is 47.1 Å². The Labute approximate surface area is 163 Å². The number of rotatable bonds is 3. The molecule has 1 atom stereocenters. The number of halogens is 2. The zero-order chi connectivity index (χ0) is 14.1. The van der Waals surface area contributed by atoms with Crippen molar-refractivity contribution >= 4 is 0 Å². The second-order valence-corrected chi connectivity index (χ2v) is 6.64. The molecule has 2 aliphatic rings. The van der Waals surface area contributed by atoms with E-state index in [0.29, 0.717) is 0 Å². The SMILES string of the molecule is COC1(CC2=[C-]CC=C2)CC=C(C)C=C1C(C)(C)C.[Cl-].[Cl-].[Ti+3]. The van der Waals surface area contributed by atoms with E-state index < -0.39 is 0 Å². The van der Waals surface area contributed by atoms with Gasteiger partial charge in [-0.05, 0) is 30.8 Å². The third-order valence-corrected chi connectivity index (χ3v) is 4.06. The van der Waals surface area contributed by atoms with Crippen LogP contribution in [-0.2, 0) is 26.5 Å². The van der Waals surface area contributed by atoms with Gasteiger partial charge in [-0.25, -0.2) is 11.6 Å². The molecule has 1 radical (unpaired) electrons. The van der Waals surface area contributed by atoms with Gasteiger partial charge in [0, 0.05) is 7.11 Å². The van der Waals surface area contributed by atoms with Gasteiger partial charge in [-0.2, -0.15) is 6.08 Å². The van der Waals surface area contributed by atoms with E-state index in [2.05, 4.69) is 58.1 Å². The third-order valence-electron chi connectivity index (χ3n) is 4.06. The number of hydrogen-bond donors (Lipinski definition) is 0. The van der Waals surface area contributed by atoms with Gasteiger partial charge >= 0.3 is 21.7 Å². The molecule has 0 heterocycles. The summed E-state index contributed by atoms with van der Waals surface area (Å²) in [5, 5.41) is 0. The Hall–Kier alpha value is 0.214. The maximum atomic E-state index is 6.02. The first kappa shape index (κ1) is 24.5. The first-order valence-electron chi connectivity index (χ1n) is 7.08. The van der Waals surface area contributed by atoms with Crippen LogP contribution in [0.5, 0.6) is 0 Å². The number of ether oxygens (including phenoxy) is 1. The van der Waals surface area contributed by atoms with Crippen LogP contribution in [0.15, 0.2) is 41.0 Å². The molecule has 2 aliphatic carbocycles. The number of methoxy groups -OCH3 is 1. The molecular weight excluding hydrogens is 351 g/mol. The zero-order valence-electron chi connectivity index (χ0n) is 14.1. The van der Waals surface area contributed by atoms with Crippen LogP contribution in [0.2, 0.25) is 0 Å². The largest absolute Gasteiger partial charge is 3.00 e. The average molecular weight is 376 g/mol. The van der Waals surface area contributed by atoms with E-state index in [0.717, 1.165) is 19.3 Å². The van der Waals surface area contributed by atoms with E-state index in [-0.39, 0.29) is 57.5 Å². The fourth-order valence-corrected chi connectivity index (χ4v) is 3.07. The van der Waals surface area contributed by atoms with Crippen molar-refractivity contribution in [3.8, 4) is 0 Å². The smallest absolute Gasteiger partial charge is 1.00 e. The van der Waals surface area contributed by atoms with Crippen LogP contribution < -0.4 is 24.8 Å². The molecule has 0 aliphatic heterocycles. The van der Waals surface area contributed by atoms with E-state index in [9.17, 15) is 0 Å². The first-order valence-corrected chi connectivity index (χ1v) is 7.08. The minimum atomic E-state index is -0.200. The maximum absolute atomic E-state index is 6.02. The Morgan fingerprint density at radius 1 is 1.27 bits per heavy atom. The first-order chi connectivity index (χ1) is 8.87. The van der Waals surface area contributed by atoms with Crippen LogP contribution in [0.3, 0.4) is 0 Å². The Kier molecular flexibility index (Phi) is 10.6. The van der Waals surface area contributed by atoms with Gasteiger partial charge in [-0.1, -0.05) is 38.5 Å². The van der Waals surface area contributed by atoms with Crippen molar-refractivity contribution < 1.29 is 51.3 Å². The fourth-order valence-electron chi connectivity index (χ4n) is 3.07. The third kappa shape index (κ3) is 5.39. The van der Waals surface area contributed by atoms with E-state index >= 15 is 0 Å². The summed E-state index contributed by atoms with van der Waals surface area (Å²) in [5.74, 6) is 0. The van der Waals surface area contributed by atoms with Crippen molar-refractivity contribution in [2.24, 2.45) is 5.41 Å². The molecule has 1 nitrogen and oxygen atoms in total. The van der Waals surface area contributed by atoms with Gasteiger partial charge in [0.1, 0.15) is 0 Å². The molecule has 0 aromatic carbocycles. The maximum Gasteiger partial charge on any atom is 3.00 e. The summed E-state index contributed by atoms with van der Waals surface area (Å²) in [6, 6.07) is 0. The van der Waals surface area contributed by atoms with Crippen molar-refractivity contribution in [3.63, 3.8) is 0 Å². The average Bonchev–Trinajstić information content (AvgIpc) is 2.83. The summed E-state index contributed by atoms with van der Waals surface area (Å²) >= 11 is 0. The second-order valence-electron chi connectivity index (χ2n) is 6.64. The standard InChI is InChI=1S/C18H25O.2ClH.Ti/c1-14-10-11-18(19-5,13-15-8-6-7-9-15)16(12-14)17(2,3)4;;;/h6,8,10,12H,7,11,13H2,1-5H3;2*1H;/q-1;;;+3/p-2. The van der Waals surface area contributed by atoms with E-state index in [4.69, 9.17) is 4.74 Å². The predicted molar refractivity (Wildman–Crippen MR) is 80.8 cm³/mol. The molecule has 0 aromatic heterocycles. The summed E-state index contributed by atoms with van der Waals surface area (Å²) in [5.41, 5.74) is 3.95. The minimum Gasteiger partial charge on any atom is -1.00 e. The Balaban J connectivity index is 0. The van der Waals surface area contributed by atoms with Crippen LogP contribution in [0.25, 0.3) is 0 Å². The molecule has 22 heavy (non-hydrogen) atoms. The van der Waals surface area contributed by atoms with Gasteiger partial charge in [0.2, 0.25) is 0 Å². The molecule has 0 bridgehead atoms. The summed E-state index contributed by atoms with van der Waals surface area (Å²) in [7, 11) is 1.84. The quantitative estimate of drug-likeness (QED) is 0.444. The van der Waals surface area contributed by atoms with E-state index in [1.165, 1.54) is 16.7 Å². The van der Waals surface area contributed by atoms with Crippen LogP contribution >= 0.6 is 0 Å². The Morgan fingerprint density at radius 2 is 1.91 bits per heavy atom. The molecule has 0 amide bonds. The molecule has 4 heteroatoms. The van der Waals surface area contributed by atoms with Gasteiger partial charge in [0.15, 0.2) is 0 Å². The van der Waals surface area contributed by atoms with Crippen LogP contribution in [0, 0.1) is 11.5 Å². The number of allylic oxidation sites excluding steroid dienone is 5. The molecule has 0 aromatic rings. The zero-order valence-corrected chi connectivity index (χ0v) is 17.2. The van der Waals surface area contributed by atoms with Gasteiger partial charge in [0.05, 0.1) is 5.60 Å². The summed E-state index contributed by atoms with van der Waals surface area (Å²) in [4.78, 5) is 0. The fraction of sp³-hybridized carbons (Fsp3) is 0.556. The minimum absolute atomic E-state index is 0. The van der Waals surface area contributed by atoms with Crippen LogP contribution in [0.4, 0.5) is 0 Å². The Morgan fingerprint density at radius 3 is 2.36 bits per heavy atom. The van der Waals surface area contributed by atoms with Crippen LogP contribution in [0.1, 0.15) is 47.0 Å². The molecule has 1 unspecified atom stereocenters. The Bertz CT molecular complexity index is 484. The van der Waals surface area contributed by atoms with Crippen molar-refractivity contribution in [1.29, 1.82) is 0 Å². The van der Waals surface area contributed by atoms with Crippen molar-refractivity contribution in [2.75, 3.05) is 7.11 Å². The number of hydrogen-bond acceptors (Lipinski definition) is 1. The molecule has 0 fully saturated rings. The van der Waals surface area contributed by atoms with Gasteiger partial charge in [-0.3, -0.25) is 6.08 Å². The molecule has 0 saturated carbocycles. The topological polar surface area (TPSA) is 9.23 Å². The monoisotopic (exact) mass is 375 g/mol. The van der Waals surface area contributed by atoms with Gasteiger partial charge < -0.3 is 29.6 Å². The van der Waals surface area contributed by atoms with Gasteiger partial charge in [-0.15, -0.1) is 6.42 Å². The van der Waals surface area contributed by atoms with E-state index in [1.807, 2.05) is 7.11 Å². The van der Waals surface area contributed by atoms with E-state index in [1.54, 1.807) is 0 Å². The molecule has 0 spiro atoms. The molecular formula is C18H25Cl2OTi. The molecule has 2 rings (SSSR count). The van der Waals surface area contributed by atoms with Gasteiger partial charge in [0.25, 0.3) is 0 Å². The molecule has 0 N–H and O–H groups in total.